The number of benzene rings is 1. The Morgan fingerprint density at radius 2 is 1.80 bits per heavy atom. The zero-order valence-corrected chi connectivity index (χ0v) is 19.7. The maximum Gasteiger partial charge on any atom is 0.231 e. The maximum atomic E-state index is 6.33. The first-order valence-electron chi connectivity index (χ1n) is 10.2. The van der Waals surface area contributed by atoms with Crippen LogP contribution in [0, 0.1) is 13.8 Å². The number of thiophene rings is 1. The standard InChI is InChI=1S/C22H25N3O2S3/c1-14-15(2)30-21-19(14)20(23-18(24-21)13-25-7-9-26-10-8-25)27-17-5-3-16(4-6-17)22-28-11-12-29-22/h3-6,22H,7-13H2,1-2H3. The van der Waals surface area contributed by atoms with Gasteiger partial charge in [0.05, 0.1) is 29.7 Å². The van der Waals surface area contributed by atoms with Crippen LogP contribution >= 0.6 is 34.9 Å². The molecule has 0 saturated carbocycles. The normalized spacial score (nSPS) is 18.3. The summed E-state index contributed by atoms with van der Waals surface area (Å²) in [4.78, 5) is 14.3. The van der Waals surface area contributed by atoms with Gasteiger partial charge >= 0.3 is 0 Å². The van der Waals surface area contributed by atoms with E-state index in [0.29, 0.717) is 10.5 Å². The molecule has 0 aliphatic carbocycles. The first kappa shape index (κ1) is 20.6. The molecule has 0 radical (unpaired) electrons. The maximum absolute atomic E-state index is 6.33. The highest BCUT2D eigenvalue weighted by atomic mass is 32.2. The number of morpholine rings is 1. The van der Waals surface area contributed by atoms with Gasteiger partial charge in [0.1, 0.15) is 16.4 Å². The van der Waals surface area contributed by atoms with E-state index in [1.54, 1.807) is 11.3 Å². The third-order valence-corrected chi connectivity index (χ3v) is 9.70. The van der Waals surface area contributed by atoms with Crippen LogP contribution in [0.5, 0.6) is 11.6 Å². The number of aryl methyl sites for hydroxylation is 2. The number of ether oxygens (including phenoxy) is 2. The molecular formula is C22H25N3O2S3. The minimum absolute atomic E-state index is 0.548. The van der Waals surface area contributed by atoms with E-state index in [-0.39, 0.29) is 0 Å². The van der Waals surface area contributed by atoms with E-state index in [2.05, 4.69) is 43.0 Å². The third-order valence-electron chi connectivity index (χ3n) is 5.50. The van der Waals surface area contributed by atoms with Crippen molar-refractivity contribution >= 4 is 45.1 Å². The SMILES string of the molecule is Cc1sc2nc(CN3CCOCC3)nc(Oc3ccc(C4SCCS4)cc3)c2c1C. The van der Waals surface area contributed by atoms with Gasteiger partial charge in [0.25, 0.3) is 0 Å². The number of aromatic nitrogens is 2. The molecule has 1 aromatic carbocycles. The first-order valence-corrected chi connectivity index (χ1v) is 13.2. The zero-order chi connectivity index (χ0) is 20.5. The second-order valence-electron chi connectivity index (χ2n) is 7.54. The summed E-state index contributed by atoms with van der Waals surface area (Å²) in [5, 5.41) is 1.04. The fourth-order valence-electron chi connectivity index (χ4n) is 3.71. The lowest BCUT2D eigenvalue weighted by Crippen LogP contribution is -2.36. The van der Waals surface area contributed by atoms with Crippen LogP contribution in [0.3, 0.4) is 0 Å². The van der Waals surface area contributed by atoms with Crippen LogP contribution in [0.4, 0.5) is 0 Å². The Kier molecular flexibility index (Phi) is 6.20. The van der Waals surface area contributed by atoms with Gasteiger partial charge in [0, 0.05) is 29.5 Å². The molecule has 5 rings (SSSR count). The van der Waals surface area contributed by atoms with E-state index < -0.39 is 0 Å². The molecule has 0 spiro atoms. The lowest BCUT2D eigenvalue weighted by molar-refractivity contribution is 0.0330. The molecule has 0 amide bonds. The Labute approximate surface area is 189 Å². The predicted octanol–water partition coefficient (Wildman–Crippen LogP) is 5.41. The Morgan fingerprint density at radius 3 is 2.53 bits per heavy atom. The van der Waals surface area contributed by atoms with Crippen LogP contribution in [0.1, 0.15) is 26.4 Å². The highest BCUT2D eigenvalue weighted by Gasteiger charge is 2.20. The first-order chi connectivity index (χ1) is 14.7. The summed E-state index contributed by atoms with van der Waals surface area (Å²) in [5.41, 5.74) is 2.57. The van der Waals surface area contributed by atoms with Gasteiger partial charge in [-0.2, -0.15) is 4.98 Å². The molecule has 2 aliphatic heterocycles. The Morgan fingerprint density at radius 1 is 1.07 bits per heavy atom. The summed E-state index contributed by atoms with van der Waals surface area (Å²) in [5.74, 6) is 4.77. The quantitative estimate of drug-likeness (QED) is 0.505. The molecule has 2 aromatic heterocycles. The summed E-state index contributed by atoms with van der Waals surface area (Å²) in [6.07, 6.45) is 0. The molecular weight excluding hydrogens is 434 g/mol. The molecule has 4 heterocycles. The number of hydrogen-bond donors (Lipinski definition) is 0. The molecule has 2 saturated heterocycles. The van der Waals surface area contributed by atoms with Crippen molar-refractivity contribution < 1.29 is 9.47 Å². The summed E-state index contributed by atoms with van der Waals surface area (Å²) >= 11 is 5.76. The van der Waals surface area contributed by atoms with Gasteiger partial charge in [-0.1, -0.05) is 12.1 Å². The lowest BCUT2D eigenvalue weighted by atomic mass is 10.2. The topological polar surface area (TPSA) is 47.5 Å². The molecule has 8 heteroatoms. The highest BCUT2D eigenvalue weighted by Crippen LogP contribution is 2.45. The van der Waals surface area contributed by atoms with Crippen molar-refractivity contribution in [3.05, 3.63) is 46.1 Å². The summed E-state index contributed by atoms with van der Waals surface area (Å²) in [6.45, 7) is 8.36. The number of fused-ring (bicyclic) bond motifs is 1. The second-order valence-corrected chi connectivity index (χ2v) is 11.5. The van der Waals surface area contributed by atoms with E-state index in [4.69, 9.17) is 19.4 Å². The van der Waals surface area contributed by atoms with Gasteiger partial charge in [0.2, 0.25) is 5.88 Å². The van der Waals surface area contributed by atoms with Crippen molar-refractivity contribution in [2.75, 3.05) is 37.8 Å². The monoisotopic (exact) mass is 459 g/mol. The zero-order valence-electron chi connectivity index (χ0n) is 17.2. The molecule has 158 valence electrons. The van der Waals surface area contributed by atoms with Crippen molar-refractivity contribution in [1.82, 2.24) is 14.9 Å². The second kappa shape index (κ2) is 9.04. The lowest BCUT2D eigenvalue weighted by Gasteiger charge is -2.25. The van der Waals surface area contributed by atoms with Gasteiger partial charge in [-0.3, -0.25) is 4.90 Å². The smallest absolute Gasteiger partial charge is 0.231 e. The van der Waals surface area contributed by atoms with Crippen molar-refractivity contribution in [3.63, 3.8) is 0 Å². The molecule has 3 aromatic rings. The average molecular weight is 460 g/mol. The van der Waals surface area contributed by atoms with Gasteiger partial charge in [0.15, 0.2) is 0 Å². The fourth-order valence-corrected chi connectivity index (χ4v) is 7.61. The summed E-state index contributed by atoms with van der Waals surface area (Å²) in [7, 11) is 0. The van der Waals surface area contributed by atoms with Crippen molar-refractivity contribution in [2.45, 2.75) is 25.0 Å². The number of thioether (sulfide) groups is 2. The molecule has 0 bridgehead atoms. The summed E-state index contributed by atoms with van der Waals surface area (Å²) < 4.78 is 12.3. The van der Waals surface area contributed by atoms with Crippen molar-refractivity contribution in [1.29, 1.82) is 0 Å². The van der Waals surface area contributed by atoms with E-state index in [1.165, 1.54) is 27.5 Å². The number of rotatable bonds is 5. The average Bonchev–Trinajstić information content (AvgIpc) is 3.38. The van der Waals surface area contributed by atoms with E-state index >= 15 is 0 Å². The third kappa shape index (κ3) is 4.34. The molecule has 5 nitrogen and oxygen atoms in total. The highest BCUT2D eigenvalue weighted by molar-refractivity contribution is 8.19. The van der Waals surface area contributed by atoms with Crippen molar-refractivity contribution in [3.8, 4) is 11.6 Å². The van der Waals surface area contributed by atoms with Crippen LogP contribution in [-0.4, -0.2) is 52.7 Å². The number of nitrogens with zero attached hydrogens (tertiary/aromatic N) is 3. The van der Waals surface area contributed by atoms with E-state index in [0.717, 1.165) is 54.6 Å². The number of hydrogen-bond acceptors (Lipinski definition) is 8. The van der Waals surface area contributed by atoms with Gasteiger partial charge in [-0.15, -0.1) is 34.9 Å². The summed E-state index contributed by atoms with van der Waals surface area (Å²) in [6, 6.07) is 8.51. The molecule has 2 fully saturated rings. The Balaban J connectivity index is 1.44. The van der Waals surface area contributed by atoms with Crippen molar-refractivity contribution in [2.24, 2.45) is 0 Å². The van der Waals surface area contributed by atoms with Crippen LogP contribution in [-0.2, 0) is 11.3 Å². The van der Waals surface area contributed by atoms with E-state index in [1.807, 2.05) is 23.5 Å². The Bertz CT molecular complexity index is 1030. The minimum Gasteiger partial charge on any atom is -0.438 e. The van der Waals surface area contributed by atoms with Crippen LogP contribution in [0.15, 0.2) is 24.3 Å². The van der Waals surface area contributed by atoms with Crippen LogP contribution in [0.25, 0.3) is 10.2 Å². The minimum atomic E-state index is 0.548. The van der Waals surface area contributed by atoms with Gasteiger partial charge in [-0.05, 0) is 37.1 Å². The largest absolute Gasteiger partial charge is 0.438 e. The van der Waals surface area contributed by atoms with Gasteiger partial charge < -0.3 is 9.47 Å². The van der Waals surface area contributed by atoms with Crippen LogP contribution < -0.4 is 4.74 Å². The predicted molar refractivity (Wildman–Crippen MR) is 127 cm³/mol. The van der Waals surface area contributed by atoms with E-state index in [9.17, 15) is 0 Å². The molecule has 0 atom stereocenters. The molecule has 2 aliphatic rings. The molecule has 0 unspecified atom stereocenters. The van der Waals surface area contributed by atoms with Gasteiger partial charge in [-0.25, -0.2) is 4.98 Å². The van der Waals surface area contributed by atoms with Crippen LogP contribution in [0.2, 0.25) is 0 Å². The fraction of sp³-hybridized carbons (Fsp3) is 0.455. The molecule has 30 heavy (non-hydrogen) atoms. The Hall–Kier alpha value is -1.32. The molecule has 0 N–H and O–H groups in total.